The van der Waals surface area contributed by atoms with Crippen LogP contribution >= 0.6 is 0 Å². The number of ether oxygens (including phenoxy) is 8. The first-order valence-corrected chi connectivity index (χ1v) is 40.8. The van der Waals surface area contributed by atoms with Crippen LogP contribution in [0, 0.1) is 0 Å². The fourth-order valence-electron chi connectivity index (χ4n) is 16.5. The summed E-state index contributed by atoms with van der Waals surface area (Å²) in [5.74, 6) is 5.31. The highest BCUT2D eigenvalue weighted by Gasteiger charge is 2.39. The van der Waals surface area contributed by atoms with E-state index >= 15 is 0 Å². The first-order valence-electron chi connectivity index (χ1n) is 40.8. The molecule has 0 saturated heterocycles. The number of benzene rings is 4. The number of unbranched alkanes of at least 4 members (excludes halogenated alkanes) is 32. The van der Waals surface area contributed by atoms with Gasteiger partial charge in [-0.2, -0.15) is 0 Å². The minimum atomic E-state index is -0.291. The summed E-state index contributed by atoms with van der Waals surface area (Å²) in [7, 11) is 0. The Balaban J connectivity index is 1.08. The molecule has 8 heterocycles. The zero-order chi connectivity index (χ0) is 71.1. The summed E-state index contributed by atoms with van der Waals surface area (Å²) in [5.41, 5.74) is 7.95. The van der Waals surface area contributed by atoms with Gasteiger partial charge in [0.15, 0.2) is 0 Å². The van der Waals surface area contributed by atoms with Gasteiger partial charge >= 0.3 is 0 Å². The molecule has 16 heteroatoms. The molecule has 5 aliphatic rings. The lowest BCUT2D eigenvalue weighted by molar-refractivity contribution is 0.374. The maximum atomic E-state index is 7.31. The molecule has 0 unspecified atom stereocenters. The predicted molar refractivity (Wildman–Crippen MR) is 409 cm³/mol. The van der Waals surface area contributed by atoms with Gasteiger partial charge in [0.05, 0.1) is 0 Å². The zero-order valence-electron chi connectivity index (χ0n) is 62.7. The van der Waals surface area contributed by atoms with Crippen molar-refractivity contribution >= 4 is 0 Å². The molecule has 0 fully saturated rings. The van der Waals surface area contributed by atoms with E-state index in [2.05, 4.69) is 76.2 Å². The Morgan fingerprint density at radius 1 is 0.183 bits per heavy atom. The summed E-state index contributed by atoms with van der Waals surface area (Å²) in [4.78, 5) is 39.3. The summed E-state index contributed by atoms with van der Waals surface area (Å²) < 4.78 is 58.5. The Labute approximate surface area is 618 Å². The molecule has 4 aromatic heterocycles. The number of rotatable bonds is 40. The van der Waals surface area contributed by atoms with Crippen LogP contribution in [0.3, 0.4) is 0 Å². The van der Waals surface area contributed by atoms with Crippen molar-refractivity contribution in [1.29, 1.82) is 0 Å². The summed E-state index contributed by atoms with van der Waals surface area (Å²) in [5, 5.41) is 0. The smallest absolute Gasteiger partial charge is 0.284 e. The van der Waals surface area contributed by atoms with Crippen molar-refractivity contribution in [1.82, 2.24) is 39.9 Å². The van der Waals surface area contributed by atoms with Gasteiger partial charge in [0.1, 0.15) is 46.0 Å². The van der Waals surface area contributed by atoms with E-state index in [1.165, 1.54) is 154 Å². The molecule has 552 valence electrons. The minimum absolute atomic E-state index is 0.220. The first-order chi connectivity index (χ1) is 51.5. The molecule has 0 atom stereocenters. The molecule has 13 rings (SSSR count). The van der Waals surface area contributed by atoms with Crippen LogP contribution in [-0.2, 0) is 0 Å². The quantitative estimate of drug-likeness (QED) is 0.0331. The molecule has 16 nitrogen and oxygen atoms in total. The van der Waals surface area contributed by atoms with E-state index in [0.717, 1.165) is 147 Å². The van der Waals surface area contributed by atoms with Crippen molar-refractivity contribution < 1.29 is 37.9 Å². The van der Waals surface area contributed by atoms with E-state index in [4.69, 9.17) is 77.8 Å². The van der Waals surface area contributed by atoms with Crippen molar-refractivity contribution in [3.63, 3.8) is 0 Å². The van der Waals surface area contributed by atoms with E-state index in [9.17, 15) is 0 Å². The second-order valence-electron chi connectivity index (χ2n) is 29.9. The van der Waals surface area contributed by atoms with Crippen molar-refractivity contribution in [3.05, 3.63) is 143 Å². The van der Waals surface area contributed by atoms with Crippen LogP contribution < -0.4 is 37.9 Å². The molecule has 4 aliphatic heterocycles. The molecule has 8 bridgehead atoms. The van der Waals surface area contributed by atoms with Crippen LogP contribution in [0.1, 0.15) is 353 Å². The van der Waals surface area contributed by atoms with Crippen molar-refractivity contribution in [2.45, 2.75) is 308 Å². The molecule has 104 heavy (non-hydrogen) atoms. The largest absolute Gasteiger partial charge is 0.434 e. The average Bonchev–Trinajstić information content (AvgIpc) is 1.70. The average molecular weight is 1410 g/mol. The highest BCUT2D eigenvalue weighted by Crippen LogP contribution is 2.59. The second-order valence-corrected chi connectivity index (χ2v) is 29.9. The van der Waals surface area contributed by atoms with Gasteiger partial charge in [-0.15, -0.1) is 0 Å². The molecular formula is C88H112N8O8. The zero-order valence-corrected chi connectivity index (χ0v) is 62.7. The third-order valence-electron chi connectivity index (χ3n) is 22.1. The number of nitrogens with zero attached hydrogens (tertiary/aromatic N) is 8. The number of fused-ring (bicyclic) bond motifs is 4. The van der Waals surface area contributed by atoms with Crippen LogP contribution in [0.2, 0.25) is 0 Å². The fraction of sp³-hybridized carbons (Fsp3) is 0.545. The Morgan fingerprint density at radius 2 is 0.317 bits per heavy atom. The molecule has 0 saturated carbocycles. The lowest BCUT2D eigenvalue weighted by atomic mass is 9.76. The third kappa shape index (κ3) is 18.6. The van der Waals surface area contributed by atoms with Crippen molar-refractivity contribution in [3.8, 4) is 93.0 Å². The van der Waals surface area contributed by atoms with Gasteiger partial charge in [-0.25, -0.2) is 39.9 Å². The summed E-state index contributed by atoms with van der Waals surface area (Å²) in [6, 6.07) is 17.9. The van der Waals surface area contributed by atoms with Gasteiger partial charge in [-0.3, -0.25) is 0 Å². The van der Waals surface area contributed by atoms with Crippen LogP contribution in [0.25, 0.3) is 0 Å². The van der Waals surface area contributed by atoms with E-state index in [1.54, 1.807) is 49.6 Å². The Hall–Kier alpha value is -8.40. The molecule has 4 aromatic carbocycles. The second kappa shape index (κ2) is 38.0. The van der Waals surface area contributed by atoms with Crippen molar-refractivity contribution in [2.75, 3.05) is 0 Å². The van der Waals surface area contributed by atoms with Gasteiger partial charge in [0.25, 0.3) is 47.0 Å². The van der Waals surface area contributed by atoms with Crippen LogP contribution in [-0.4, -0.2) is 39.9 Å². The Morgan fingerprint density at radius 3 is 0.462 bits per heavy atom. The molecule has 0 N–H and O–H groups in total. The van der Waals surface area contributed by atoms with Gasteiger partial charge in [-0.05, 0) is 49.9 Å². The monoisotopic (exact) mass is 1410 g/mol. The number of hydrogen-bond acceptors (Lipinski definition) is 16. The highest BCUT2D eigenvalue weighted by atomic mass is 16.6. The first kappa shape index (κ1) is 73.9. The Bertz CT molecular complexity index is 3360. The van der Waals surface area contributed by atoms with Gasteiger partial charge < -0.3 is 37.9 Å². The number of aromatic nitrogens is 8. The molecular weight excluding hydrogens is 1300 g/mol. The predicted octanol–water partition coefficient (Wildman–Crippen LogP) is 27.0. The van der Waals surface area contributed by atoms with Crippen LogP contribution in [0.15, 0.2) is 98.1 Å². The SMILES string of the molecule is CCCCCCCCCCCC1c2cc3c4cc2Oc2nccnc2Oc2cc5c(cc21)C(CCCCCCCCCCC)c1cc2c(cc1Oc1nccnc1O5)Oc1nccnc1Oc1cc(c(cc1C2CCCCCCCCCCC)C3CCCCCCCCCCC)Oc1nccnc1O4. The lowest BCUT2D eigenvalue weighted by Gasteiger charge is -2.30. The van der Waals surface area contributed by atoms with Crippen LogP contribution in [0.5, 0.6) is 93.0 Å². The molecule has 0 spiro atoms. The summed E-state index contributed by atoms with van der Waals surface area (Å²) in [6.07, 6.45) is 59.3. The van der Waals surface area contributed by atoms with E-state index in [0.29, 0.717) is 46.0 Å². The fourth-order valence-corrected chi connectivity index (χ4v) is 16.5. The molecule has 1 aliphatic carbocycles. The van der Waals surface area contributed by atoms with Crippen LogP contribution in [0.4, 0.5) is 0 Å². The lowest BCUT2D eigenvalue weighted by Crippen LogP contribution is -2.13. The molecule has 8 aromatic rings. The molecule has 0 amide bonds. The third-order valence-corrected chi connectivity index (χ3v) is 22.1. The number of hydrogen-bond donors (Lipinski definition) is 0. The van der Waals surface area contributed by atoms with E-state index in [-0.39, 0.29) is 70.7 Å². The van der Waals surface area contributed by atoms with Crippen molar-refractivity contribution in [2.24, 2.45) is 0 Å². The van der Waals surface area contributed by atoms with Gasteiger partial charge in [0.2, 0.25) is 0 Å². The topological polar surface area (TPSA) is 177 Å². The minimum Gasteiger partial charge on any atom is -0.434 e. The maximum Gasteiger partial charge on any atom is 0.284 e. The maximum absolute atomic E-state index is 7.31. The van der Waals surface area contributed by atoms with Gasteiger partial charge in [0, 0.05) is 142 Å². The standard InChI is InChI=1S/C88H112N8O8/c1-5-9-13-17-21-25-29-33-37-41-61-65-53-67-62(42-38-34-30-26-22-18-14-10-6-2)69-55-71-64(44-40-36-32-28-24-20-16-12-8-4)72-56-70-63(43-39-35-31-27-23-19-15-11-7-3)68-54-66(61)74-58-76(68)100-84-86(94-50-48-92-84)102-78(70)60-80(72)104-88-87(95-51-52-96-88)103-79(71)59-77(69)101-85-83(91-47-49-93-85)99-75(67)57-73(65)97-81-82(98-74)90-46-45-89-81/h45-64H,5-44H2,1-4H3. The molecule has 0 radical (unpaired) electrons. The normalized spacial score (nSPS) is 16.1. The summed E-state index contributed by atoms with van der Waals surface area (Å²) >= 11 is 0. The van der Waals surface area contributed by atoms with E-state index < -0.39 is 0 Å². The van der Waals surface area contributed by atoms with Gasteiger partial charge in [-0.1, -0.05) is 259 Å². The highest BCUT2D eigenvalue weighted by molar-refractivity contribution is 5.67. The van der Waals surface area contributed by atoms with E-state index in [1.807, 2.05) is 0 Å². The summed E-state index contributed by atoms with van der Waals surface area (Å²) in [6.45, 7) is 9.16. The Kier molecular flexibility index (Phi) is 27.0.